The highest BCUT2D eigenvalue weighted by molar-refractivity contribution is 6.37. The lowest BCUT2D eigenvalue weighted by molar-refractivity contribution is -0.115. The van der Waals surface area contributed by atoms with Crippen LogP contribution in [0, 0.1) is 5.82 Å². The summed E-state index contributed by atoms with van der Waals surface area (Å²) in [5, 5.41) is 6.48. The van der Waals surface area contributed by atoms with Crippen molar-refractivity contribution in [1.82, 2.24) is 20.2 Å². The van der Waals surface area contributed by atoms with E-state index in [1.54, 1.807) is 38.3 Å². The summed E-state index contributed by atoms with van der Waals surface area (Å²) in [5.41, 5.74) is 1.91. The summed E-state index contributed by atoms with van der Waals surface area (Å²) >= 11 is 5.89. The molecule has 8 nitrogen and oxygen atoms in total. The molecule has 174 valence electrons. The maximum atomic E-state index is 14.4. The van der Waals surface area contributed by atoms with Gasteiger partial charge in [-0.3, -0.25) is 9.79 Å². The highest BCUT2D eigenvalue weighted by atomic mass is 35.5. The molecule has 1 aromatic heterocycles. The fraction of sp³-hybridized carbons (Fsp3) is 0.304. The van der Waals surface area contributed by atoms with Crippen LogP contribution in [-0.2, 0) is 11.3 Å². The Kier molecular flexibility index (Phi) is 8.13. The molecule has 1 heterocycles. The Bertz CT molecular complexity index is 1190. The quantitative estimate of drug-likeness (QED) is 0.460. The fourth-order valence-corrected chi connectivity index (χ4v) is 3.25. The molecule has 0 saturated carbocycles. The van der Waals surface area contributed by atoms with Crippen molar-refractivity contribution in [2.24, 2.45) is 4.99 Å². The number of nitrogens with one attached hydrogen (secondary N) is 2. The van der Waals surface area contributed by atoms with Crippen molar-refractivity contribution in [3.8, 4) is 5.75 Å². The van der Waals surface area contributed by atoms with Crippen LogP contribution in [0.4, 0.5) is 15.9 Å². The third-order valence-corrected chi connectivity index (χ3v) is 5.20. The third-order valence-electron chi connectivity index (χ3n) is 4.91. The molecule has 0 radical (unpaired) electrons. The normalized spacial score (nSPS) is 11.7. The smallest absolute Gasteiger partial charge is 0.265 e. The number of carbonyl (C=O) groups excluding carboxylic acids is 1. The molecule has 0 aliphatic heterocycles. The Morgan fingerprint density at radius 3 is 2.79 bits per heavy atom. The minimum atomic E-state index is -0.573. The van der Waals surface area contributed by atoms with E-state index in [1.165, 1.54) is 12.4 Å². The lowest BCUT2D eigenvalue weighted by Gasteiger charge is -2.14. The van der Waals surface area contributed by atoms with Gasteiger partial charge in [-0.05, 0) is 39.2 Å². The molecule has 0 saturated heterocycles. The van der Waals surface area contributed by atoms with Crippen LogP contribution in [0.15, 0.2) is 41.7 Å². The van der Waals surface area contributed by atoms with Crippen molar-refractivity contribution >= 4 is 45.6 Å². The molecule has 10 heteroatoms. The number of fused-ring (bicyclic) bond motifs is 1. The Hall–Kier alpha value is -3.30. The van der Waals surface area contributed by atoms with Crippen LogP contribution in [0.3, 0.4) is 0 Å². The van der Waals surface area contributed by atoms with Gasteiger partial charge in [0, 0.05) is 30.1 Å². The number of aliphatic imine (C=N–C) groups is 1. The predicted octanol–water partition coefficient (Wildman–Crippen LogP) is 3.81. The van der Waals surface area contributed by atoms with Gasteiger partial charge in [0.15, 0.2) is 5.82 Å². The molecular formula is C23H26ClFN6O2. The van der Waals surface area contributed by atoms with Crippen LogP contribution in [0.1, 0.15) is 12.5 Å². The number of nitrogens with zero attached hydrogens (tertiary/aromatic N) is 4. The summed E-state index contributed by atoms with van der Waals surface area (Å²) in [6.45, 7) is 3.18. The van der Waals surface area contributed by atoms with Crippen LogP contribution in [0.25, 0.3) is 10.9 Å². The van der Waals surface area contributed by atoms with Crippen LogP contribution < -0.4 is 15.4 Å². The van der Waals surface area contributed by atoms with Crippen molar-refractivity contribution in [1.29, 1.82) is 0 Å². The number of aromatic nitrogens is 2. The highest BCUT2D eigenvalue weighted by Gasteiger charge is 2.14. The lowest BCUT2D eigenvalue weighted by atomic mass is 10.1. The zero-order chi connectivity index (χ0) is 24.0. The summed E-state index contributed by atoms with van der Waals surface area (Å²) in [5.74, 6) is 0.122. The van der Waals surface area contributed by atoms with E-state index >= 15 is 0 Å². The first kappa shape index (κ1) is 24.3. The van der Waals surface area contributed by atoms with Gasteiger partial charge < -0.3 is 20.3 Å². The fourth-order valence-electron chi connectivity index (χ4n) is 3.08. The van der Waals surface area contributed by atoms with Gasteiger partial charge >= 0.3 is 0 Å². The first-order valence-corrected chi connectivity index (χ1v) is 10.6. The second-order valence-electron chi connectivity index (χ2n) is 7.58. The number of benzene rings is 2. The third kappa shape index (κ3) is 6.15. The Balaban J connectivity index is 1.85. The molecule has 0 atom stereocenters. The van der Waals surface area contributed by atoms with E-state index in [4.69, 9.17) is 16.3 Å². The van der Waals surface area contributed by atoms with Crippen LogP contribution in [-0.4, -0.2) is 60.8 Å². The number of halogens is 2. The van der Waals surface area contributed by atoms with Crippen molar-refractivity contribution < 1.29 is 13.9 Å². The van der Waals surface area contributed by atoms with Crippen molar-refractivity contribution in [3.05, 3.63) is 53.1 Å². The summed E-state index contributed by atoms with van der Waals surface area (Å²) in [7, 11) is 5.44. The van der Waals surface area contributed by atoms with Gasteiger partial charge in [-0.1, -0.05) is 17.7 Å². The second kappa shape index (κ2) is 11.0. The topological polar surface area (TPSA) is 91.7 Å². The first-order valence-electron chi connectivity index (χ1n) is 10.3. The van der Waals surface area contributed by atoms with Gasteiger partial charge in [0.05, 0.1) is 35.6 Å². The zero-order valence-electron chi connectivity index (χ0n) is 18.9. The predicted molar refractivity (Wildman–Crippen MR) is 129 cm³/mol. The molecule has 33 heavy (non-hydrogen) atoms. The van der Waals surface area contributed by atoms with E-state index in [0.29, 0.717) is 40.3 Å². The number of carbonyl (C=O) groups is 1. The Labute approximate surface area is 196 Å². The zero-order valence-corrected chi connectivity index (χ0v) is 19.7. The molecule has 0 aliphatic rings. The molecule has 0 spiro atoms. The van der Waals surface area contributed by atoms with Gasteiger partial charge in [0.25, 0.3) is 5.91 Å². The van der Waals surface area contributed by atoms with Gasteiger partial charge in [-0.15, -0.1) is 0 Å². The summed E-state index contributed by atoms with van der Waals surface area (Å²) < 4.78 is 19.9. The molecule has 0 aliphatic carbocycles. The molecular weight excluding hydrogens is 447 g/mol. The van der Waals surface area contributed by atoms with Gasteiger partial charge in [0.1, 0.15) is 17.9 Å². The highest BCUT2D eigenvalue weighted by Crippen LogP contribution is 2.31. The number of hydrogen-bond donors (Lipinski definition) is 2. The Morgan fingerprint density at radius 1 is 1.27 bits per heavy atom. The van der Waals surface area contributed by atoms with Gasteiger partial charge in [0.2, 0.25) is 0 Å². The van der Waals surface area contributed by atoms with E-state index in [1.807, 2.05) is 19.0 Å². The molecule has 0 unspecified atom stereocenters. The van der Waals surface area contributed by atoms with E-state index in [9.17, 15) is 9.18 Å². The summed E-state index contributed by atoms with van der Waals surface area (Å²) in [6.07, 6.45) is 1.38. The molecule has 3 rings (SSSR count). The number of anilines is 2. The standard InChI is InChI=1S/C23H26ClFN6O2/c1-14(26-8-9-31(2)3)23(32)27-12-15-10-16-19(11-20(15)33-4)28-13-29-22(16)30-18-7-5-6-17(24)21(18)25/h5-7,10-11,13H,8-9,12H2,1-4H3,(H,27,32)(H,28,29,30). The number of methoxy groups -OCH3 is 1. The molecule has 0 fully saturated rings. The maximum Gasteiger partial charge on any atom is 0.265 e. The second-order valence-corrected chi connectivity index (χ2v) is 7.99. The molecule has 1 amide bonds. The van der Waals surface area contributed by atoms with Gasteiger partial charge in [-0.2, -0.15) is 0 Å². The van der Waals surface area contributed by atoms with E-state index in [0.717, 1.165) is 6.54 Å². The van der Waals surface area contributed by atoms with Crippen LogP contribution >= 0.6 is 11.6 Å². The lowest BCUT2D eigenvalue weighted by Crippen LogP contribution is -2.29. The number of likely N-dealkylation sites (N-methyl/N-ethyl adjacent to an activating group) is 1. The molecule has 2 aromatic carbocycles. The largest absolute Gasteiger partial charge is 0.496 e. The number of amides is 1. The van der Waals surface area contributed by atoms with E-state index in [-0.39, 0.29) is 23.2 Å². The SMILES string of the molecule is COc1cc2ncnc(Nc3cccc(Cl)c3F)c2cc1CNC(=O)C(C)=NCCN(C)C. The molecule has 0 bridgehead atoms. The van der Waals surface area contributed by atoms with Crippen molar-refractivity contribution in [2.45, 2.75) is 13.5 Å². The number of hydrogen-bond acceptors (Lipinski definition) is 7. The summed E-state index contributed by atoms with van der Waals surface area (Å²) in [4.78, 5) is 27.3. The maximum absolute atomic E-state index is 14.4. The van der Waals surface area contributed by atoms with E-state index < -0.39 is 5.82 Å². The van der Waals surface area contributed by atoms with Crippen molar-refractivity contribution in [2.75, 3.05) is 39.6 Å². The first-order chi connectivity index (χ1) is 15.8. The number of rotatable bonds is 9. The van der Waals surface area contributed by atoms with Crippen LogP contribution in [0.2, 0.25) is 5.02 Å². The van der Waals surface area contributed by atoms with Gasteiger partial charge in [-0.25, -0.2) is 14.4 Å². The average Bonchev–Trinajstić information content (AvgIpc) is 2.79. The minimum absolute atomic E-state index is 0.00560. The number of ether oxygens (including phenoxy) is 1. The van der Waals surface area contributed by atoms with E-state index in [2.05, 4.69) is 25.6 Å². The van der Waals surface area contributed by atoms with Crippen LogP contribution in [0.5, 0.6) is 5.75 Å². The molecule has 3 aromatic rings. The summed E-state index contributed by atoms with van der Waals surface area (Å²) in [6, 6.07) is 8.23. The monoisotopic (exact) mass is 472 g/mol. The average molecular weight is 473 g/mol. The molecule has 2 N–H and O–H groups in total. The Morgan fingerprint density at radius 2 is 2.06 bits per heavy atom. The van der Waals surface area contributed by atoms with Crippen molar-refractivity contribution in [3.63, 3.8) is 0 Å². The minimum Gasteiger partial charge on any atom is -0.496 e.